The molecule has 2 aromatic carbocycles. The second-order valence-electron chi connectivity index (χ2n) is 5.60. The first-order chi connectivity index (χ1) is 10.1. The molecule has 1 unspecified atom stereocenters. The first kappa shape index (κ1) is 13.7. The lowest BCUT2D eigenvalue weighted by Crippen LogP contribution is -2.18. The Labute approximate surface area is 124 Å². The predicted octanol–water partition coefficient (Wildman–Crippen LogP) is 4.07. The third-order valence-electron chi connectivity index (χ3n) is 4.04. The fraction of sp³-hybridized carbons (Fsp3) is 0.278. The molecule has 2 aromatic rings. The first-order valence-electron chi connectivity index (χ1n) is 7.15. The van der Waals surface area contributed by atoms with Crippen molar-refractivity contribution in [3.05, 3.63) is 64.2 Å². The van der Waals surface area contributed by atoms with E-state index in [-0.39, 0.29) is 6.10 Å². The van der Waals surface area contributed by atoms with Crippen LogP contribution in [0, 0.1) is 13.8 Å². The number of carbonyl (C=O) groups is 1. The van der Waals surface area contributed by atoms with E-state index >= 15 is 0 Å². The van der Waals surface area contributed by atoms with Crippen molar-refractivity contribution in [2.45, 2.75) is 32.8 Å². The fourth-order valence-corrected chi connectivity index (χ4v) is 3.06. The normalized spacial score (nSPS) is 17.0. The van der Waals surface area contributed by atoms with E-state index in [9.17, 15) is 9.90 Å². The predicted molar refractivity (Wildman–Crippen MR) is 81.0 cm³/mol. The Morgan fingerprint density at radius 3 is 2.76 bits per heavy atom. The van der Waals surface area contributed by atoms with E-state index in [0.29, 0.717) is 5.56 Å². The van der Waals surface area contributed by atoms with Crippen LogP contribution in [0.3, 0.4) is 0 Å². The lowest BCUT2D eigenvalue weighted by atomic mass is 9.91. The van der Waals surface area contributed by atoms with Crippen LogP contribution in [0.15, 0.2) is 36.4 Å². The first-order valence-corrected chi connectivity index (χ1v) is 7.15. The lowest BCUT2D eigenvalue weighted by molar-refractivity contribution is 0.0689. The fourth-order valence-electron chi connectivity index (χ4n) is 3.06. The van der Waals surface area contributed by atoms with E-state index in [1.54, 1.807) is 12.1 Å². The second-order valence-corrected chi connectivity index (χ2v) is 5.60. The summed E-state index contributed by atoms with van der Waals surface area (Å²) in [6, 6.07) is 11.3. The van der Waals surface area contributed by atoms with E-state index in [1.807, 2.05) is 25.1 Å². The van der Waals surface area contributed by atoms with Gasteiger partial charge in [-0.15, -0.1) is 0 Å². The van der Waals surface area contributed by atoms with Gasteiger partial charge in [0.2, 0.25) is 0 Å². The largest absolute Gasteiger partial charge is 0.485 e. The summed E-state index contributed by atoms with van der Waals surface area (Å²) < 4.78 is 6.11. The summed E-state index contributed by atoms with van der Waals surface area (Å²) in [5, 5.41) is 9.32. The van der Waals surface area contributed by atoms with Crippen LogP contribution in [0.4, 0.5) is 0 Å². The number of aromatic carboxylic acids is 1. The molecule has 1 aliphatic rings. The number of hydrogen-bond donors (Lipinski definition) is 1. The molecule has 108 valence electrons. The zero-order valence-corrected chi connectivity index (χ0v) is 12.2. The number of ether oxygens (including phenoxy) is 1. The molecule has 0 amide bonds. The van der Waals surface area contributed by atoms with Crippen LogP contribution in [-0.4, -0.2) is 11.1 Å². The van der Waals surface area contributed by atoms with Crippen LogP contribution in [-0.2, 0) is 6.42 Å². The number of hydrogen-bond acceptors (Lipinski definition) is 2. The highest BCUT2D eigenvalue weighted by Crippen LogP contribution is 2.38. The number of carboxylic acids is 1. The van der Waals surface area contributed by atoms with E-state index < -0.39 is 5.97 Å². The average Bonchev–Trinajstić information content (AvgIpc) is 2.46. The molecule has 0 aromatic heterocycles. The third kappa shape index (κ3) is 2.51. The Kier molecular flexibility index (Phi) is 3.42. The summed E-state index contributed by atoms with van der Waals surface area (Å²) in [5.41, 5.74) is 4.74. The van der Waals surface area contributed by atoms with Gasteiger partial charge < -0.3 is 9.84 Å². The smallest absolute Gasteiger partial charge is 0.336 e. The van der Waals surface area contributed by atoms with E-state index in [1.165, 1.54) is 16.7 Å². The molecular formula is C18H18O3. The van der Waals surface area contributed by atoms with Gasteiger partial charge in [0.15, 0.2) is 0 Å². The van der Waals surface area contributed by atoms with Crippen LogP contribution in [0.25, 0.3) is 0 Å². The lowest BCUT2D eigenvalue weighted by Gasteiger charge is -2.28. The zero-order valence-electron chi connectivity index (χ0n) is 12.2. The molecule has 1 aliphatic heterocycles. The van der Waals surface area contributed by atoms with Gasteiger partial charge >= 0.3 is 5.97 Å². The minimum absolute atomic E-state index is 0.189. The van der Waals surface area contributed by atoms with Crippen molar-refractivity contribution < 1.29 is 14.6 Å². The summed E-state index contributed by atoms with van der Waals surface area (Å²) in [6.07, 6.45) is 1.53. The maximum Gasteiger partial charge on any atom is 0.336 e. The van der Waals surface area contributed by atoms with Crippen LogP contribution in [0.2, 0.25) is 0 Å². The van der Waals surface area contributed by atoms with E-state index in [2.05, 4.69) is 13.0 Å². The van der Waals surface area contributed by atoms with Gasteiger partial charge in [0.25, 0.3) is 0 Å². The number of benzene rings is 2. The Bertz CT molecular complexity index is 704. The van der Waals surface area contributed by atoms with Crippen LogP contribution >= 0.6 is 0 Å². The van der Waals surface area contributed by atoms with Crippen molar-refractivity contribution in [3.63, 3.8) is 0 Å². The summed E-state index contributed by atoms with van der Waals surface area (Å²) >= 11 is 0. The highest BCUT2D eigenvalue weighted by molar-refractivity contribution is 5.89. The standard InChI is InChI=1S/C18H18O3/c1-11-9-12(2)13-7-8-16(21-17(13)10-11)14-5-3-4-6-15(14)18(19)20/h3-6,9-10,16H,7-8H2,1-2H3,(H,19,20). The Balaban J connectivity index is 1.99. The highest BCUT2D eigenvalue weighted by Gasteiger charge is 2.26. The maximum atomic E-state index is 11.4. The van der Waals surface area contributed by atoms with Crippen molar-refractivity contribution in [1.82, 2.24) is 0 Å². The minimum Gasteiger partial charge on any atom is -0.485 e. The molecule has 0 aliphatic carbocycles. The van der Waals surface area contributed by atoms with Gasteiger partial charge in [-0.25, -0.2) is 4.79 Å². The second kappa shape index (κ2) is 5.24. The molecule has 0 saturated carbocycles. The van der Waals surface area contributed by atoms with Gasteiger partial charge in [-0.1, -0.05) is 24.3 Å². The van der Waals surface area contributed by atoms with Crippen molar-refractivity contribution in [2.24, 2.45) is 0 Å². The Morgan fingerprint density at radius 1 is 1.24 bits per heavy atom. The number of fused-ring (bicyclic) bond motifs is 1. The van der Waals surface area contributed by atoms with Crippen molar-refractivity contribution in [2.75, 3.05) is 0 Å². The molecule has 0 bridgehead atoms. The van der Waals surface area contributed by atoms with Crippen LogP contribution in [0.5, 0.6) is 5.75 Å². The molecule has 3 heteroatoms. The molecule has 3 nitrogen and oxygen atoms in total. The number of rotatable bonds is 2. The van der Waals surface area contributed by atoms with Gasteiger partial charge in [0, 0.05) is 5.56 Å². The summed E-state index contributed by atoms with van der Waals surface area (Å²) in [5.74, 6) is -0.00985. The summed E-state index contributed by atoms with van der Waals surface area (Å²) in [6.45, 7) is 4.15. The quantitative estimate of drug-likeness (QED) is 0.903. The number of aryl methyl sites for hydroxylation is 2. The minimum atomic E-state index is -0.902. The summed E-state index contributed by atoms with van der Waals surface area (Å²) in [4.78, 5) is 11.4. The van der Waals surface area contributed by atoms with Crippen LogP contribution in [0.1, 0.15) is 45.1 Å². The van der Waals surface area contributed by atoms with E-state index in [4.69, 9.17) is 4.74 Å². The monoisotopic (exact) mass is 282 g/mol. The molecule has 0 spiro atoms. The Hall–Kier alpha value is -2.29. The van der Waals surface area contributed by atoms with Crippen molar-refractivity contribution in [1.29, 1.82) is 0 Å². The molecule has 3 rings (SSSR count). The molecule has 21 heavy (non-hydrogen) atoms. The molecule has 1 N–H and O–H groups in total. The molecule has 1 heterocycles. The Morgan fingerprint density at radius 2 is 2.00 bits per heavy atom. The molecule has 1 atom stereocenters. The summed E-state index contributed by atoms with van der Waals surface area (Å²) in [7, 11) is 0. The average molecular weight is 282 g/mol. The van der Waals surface area contributed by atoms with Gasteiger partial charge in [-0.3, -0.25) is 0 Å². The topological polar surface area (TPSA) is 46.5 Å². The highest BCUT2D eigenvalue weighted by atomic mass is 16.5. The van der Waals surface area contributed by atoms with Crippen LogP contribution < -0.4 is 4.74 Å². The van der Waals surface area contributed by atoms with Gasteiger partial charge in [0.1, 0.15) is 11.9 Å². The van der Waals surface area contributed by atoms with Crippen molar-refractivity contribution in [3.8, 4) is 5.75 Å². The zero-order chi connectivity index (χ0) is 15.0. The van der Waals surface area contributed by atoms with Crippen molar-refractivity contribution >= 4 is 5.97 Å². The third-order valence-corrected chi connectivity index (χ3v) is 4.04. The molecule has 0 radical (unpaired) electrons. The van der Waals surface area contributed by atoms with E-state index in [0.717, 1.165) is 24.2 Å². The molecule has 0 fully saturated rings. The molecule has 0 saturated heterocycles. The van der Waals surface area contributed by atoms with Gasteiger partial charge in [-0.05, 0) is 55.5 Å². The SMILES string of the molecule is Cc1cc(C)c2c(c1)OC(c1ccccc1C(=O)O)CC2. The van der Waals surface area contributed by atoms with Gasteiger partial charge in [-0.2, -0.15) is 0 Å². The maximum absolute atomic E-state index is 11.4. The van der Waals surface area contributed by atoms with Gasteiger partial charge in [0.05, 0.1) is 5.56 Å². The molecular weight excluding hydrogens is 264 g/mol. The number of carboxylic acid groups (broad SMARTS) is 1.